The molecule has 5 aliphatic rings. The van der Waals surface area contributed by atoms with Gasteiger partial charge >= 0.3 is 5.97 Å². The van der Waals surface area contributed by atoms with Crippen LogP contribution in [0.1, 0.15) is 96.8 Å². The van der Waals surface area contributed by atoms with Gasteiger partial charge in [-0.2, -0.15) is 0 Å². The molecule has 2 saturated carbocycles. The van der Waals surface area contributed by atoms with Crippen LogP contribution in [0.3, 0.4) is 0 Å². The first kappa shape index (κ1) is 21.9. The van der Waals surface area contributed by atoms with Crippen molar-refractivity contribution >= 4 is 23.6 Å². The van der Waals surface area contributed by atoms with Crippen LogP contribution in [0.5, 0.6) is 0 Å². The fourth-order valence-electron chi connectivity index (χ4n) is 7.42. The molecule has 0 aromatic rings. The normalized spacial score (nSPS) is 36.7. The molecule has 176 valence electrons. The van der Waals surface area contributed by atoms with Gasteiger partial charge in [0.05, 0.1) is 18.4 Å². The summed E-state index contributed by atoms with van der Waals surface area (Å²) in [5.41, 5.74) is -1.20. The molecule has 0 unspecified atom stereocenters. The zero-order valence-electron chi connectivity index (χ0n) is 19.2. The van der Waals surface area contributed by atoms with Crippen LogP contribution in [0.2, 0.25) is 0 Å². The number of Topliss-reactive ketones (excluding diaryl/α,β-unsaturated/α-hetero) is 1. The second-order valence-corrected chi connectivity index (χ2v) is 10.7. The summed E-state index contributed by atoms with van der Waals surface area (Å²) in [6.07, 6.45) is 12.7. The number of rotatable bonds is 4. The van der Waals surface area contributed by atoms with Crippen LogP contribution < -0.4 is 0 Å². The van der Waals surface area contributed by atoms with Gasteiger partial charge in [0.2, 0.25) is 11.8 Å². The van der Waals surface area contributed by atoms with Gasteiger partial charge in [0, 0.05) is 18.5 Å². The molecular formula is C25H36N2O5. The van der Waals surface area contributed by atoms with E-state index in [9.17, 15) is 19.2 Å². The van der Waals surface area contributed by atoms with E-state index in [0.717, 1.165) is 77.0 Å². The average molecular weight is 445 g/mol. The third-order valence-electron chi connectivity index (χ3n) is 8.73. The molecule has 3 heterocycles. The molecule has 1 spiro atoms. The average Bonchev–Trinajstić information content (AvgIpc) is 3.06. The minimum atomic E-state index is -1.20. The van der Waals surface area contributed by atoms with Gasteiger partial charge < -0.3 is 14.5 Å². The summed E-state index contributed by atoms with van der Waals surface area (Å²) in [6.45, 7) is 1.53. The Morgan fingerprint density at radius 2 is 1.38 bits per heavy atom. The molecule has 2 aliphatic carbocycles. The first-order valence-corrected chi connectivity index (χ1v) is 12.8. The van der Waals surface area contributed by atoms with E-state index in [1.807, 2.05) is 9.80 Å². The lowest BCUT2D eigenvalue weighted by atomic mass is 9.79. The third-order valence-corrected chi connectivity index (χ3v) is 8.73. The molecule has 4 atom stereocenters. The Morgan fingerprint density at radius 1 is 0.844 bits per heavy atom. The highest BCUT2D eigenvalue weighted by Crippen LogP contribution is 2.56. The molecule has 32 heavy (non-hydrogen) atoms. The maximum absolute atomic E-state index is 14.1. The molecule has 7 nitrogen and oxygen atoms in total. The van der Waals surface area contributed by atoms with Crippen LogP contribution in [-0.4, -0.2) is 63.1 Å². The Bertz CT molecular complexity index is 796. The number of hydrogen-bond acceptors (Lipinski definition) is 5. The third kappa shape index (κ3) is 3.29. The molecule has 3 saturated heterocycles. The van der Waals surface area contributed by atoms with E-state index in [1.165, 1.54) is 6.92 Å². The van der Waals surface area contributed by atoms with Crippen molar-refractivity contribution in [3.05, 3.63) is 0 Å². The first-order chi connectivity index (χ1) is 15.4. The number of likely N-dealkylation sites (tertiary alicyclic amines) is 2. The quantitative estimate of drug-likeness (QED) is 0.491. The molecule has 5 rings (SSSR count). The van der Waals surface area contributed by atoms with Crippen LogP contribution in [-0.2, 0) is 23.9 Å². The fraction of sp³-hybridized carbons (Fsp3) is 0.840. The lowest BCUT2D eigenvalue weighted by molar-refractivity contribution is -0.155. The predicted molar refractivity (Wildman–Crippen MR) is 116 cm³/mol. The number of carbonyl (C=O) groups excluding carboxylic acids is 4. The molecule has 3 aliphatic heterocycles. The van der Waals surface area contributed by atoms with Crippen molar-refractivity contribution in [2.45, 2.75) is 127 Å². The number of ether oxygens (including phenoxy) is 1. The summed E-state index contributed by atoms with van der Waals surface area (Å²) in [5, 5.41) is 0. The van der Waals surface area contributed by atoms with Crippen molar-refractivity contribution in [2.75, 3.05) is 0 Å². The summed E-state index contributed by atoms with van der Waals surface area (Å²) in [4.78, 5) is 56.5. The molecule has 0 bridgehead atoms. The highest BCUT2D eigenvalue weighted by molar-refractivity contribution is 6.02. The minimum absolute atomic E-state index is 0.0205. The van der Waals surface area contributed by atoms with Gasteiger partial charge in [-0.3, -0.25) is 19.2 Å². The molecule has 2 amide bonds. The summed E-state index contributed by atoms with van der Waals surface area (Å²) < 4.78 is 6.04. The van der Waals surface area contributed by atoms with E-state index >= 15 is 0 Å². The lowest BCUT2D eigenvalue weighted by Crippen LogP contribution is -2.54. The maximum Gasteiger partial charge on any atom is 0.307 e. The van der Waals surface area contributed by atoms with Crippen LogP contribution in [0.4, 0.5) is 0 Å². The van der Waals surface area contributed by atoms with Gasteiger partial charge in [-0.1, -0.05) is 51.4 Å². The van der Waals surface area contributed by atoms with Crippen molar-refractivity contribution in [2.24, 2.45) is 5.92 Å². The molecule has 0 radical (unpaired) electrons. The Kier molecular flexibility index (Phi) is 5.79. The van der Waals surface area contributed by atoms with E-state index in [0.29, 0.717) is 0 Å². The van der Waals surface area contributed by atoms with Gasteiger partial charge in [0.15, 0.2) is 11.6 Å². The van der Waals surface area contributed by atoms with Crippen molar-refractivity contribution in [3.8, 4) is 0 Å². The number of hydrogen-bond donors (Lipinski definition) is 0. The topological polar surface area (TPSA) is 84.0 Å². The fourth-order valence-corrected chi connectivity index (χ4v) is 7.42. The smallest absolute Gasteiger partial charge is 0.307 e. The van der Waals surface area contributed by atoms with E-state index in [-0.39, 0.29) is 42.5 Å². The van der Waals surface area contributed by atoms with Crippen molar-refractivity contribution in [1.82, 2.24) is 9.80 Å². The van der Waals surface area contributed by atoms with Crippen LogP contribution in [0, 0.1) is 5.92 Å². The molecule has 0 aromatic heterocycles. The minimum Gasteiger partial charge on any atom is -0.453 e. The number of amides is 2. The SMILES string of the molecule is CC(=O)C[C@@H]1N(C2CCCCCC2)C(=O)[C@@H]2N(C3CCCCCC3)C(=O)[C@@H]3CC(=O)O[C@@]123. The molecule has 0 aromatic carbocycles. The molecule has 5 fully saturated rings. The van der Waals surface area contributed by atoms with Crippen molar-refractivity contribution < 1.29 is 23.9 Å². The highest BCUT2D eigenvalue weighted by atomic mass is 16.6. The van der Waals surface area contributed by atoms with Gasteiger partial charge in [0.25, 0.3) is 0 Å². The lowest BCUT2D eigenvalue weighted by Gasteiger charge is -2.38. The Balaban J connectivity index is 1.58. The van der Waals surface area contributed by atoms with Crippen LogP contribution >= 0.6 is 0 Å². The standard InChI is InChI=1S/C25H36N2O5/c1-16(28)14-20-25-19(15-21(29)32-25)23(30)27(18-12-8-4-5-9-13-18)22(25)24(31)26(20)17-10-6-2-3-7-11-17/h17-20,22H,2-15H2,1H3/t19-,20-,22-,25-/m0/s1. The first-order valence-electron chi connectivity index (χ1n) is 12.8. The maximum atomic E-state index is 14.1. The van der Waals surface area contributed by atoms with Crippen molar-refractivity contribution in [3.63, 3.8) is 0 Å². The summed E-state index contributed by atoms with van der Waals surface area (Å²) in [6, 6.07) is -1.22. The molecule has 0 N–H and O–H groups in total. The monoisotopic (exact) mass is 444 g/mol. The van der Waals surface area contributed by atoms with Gasteiger partial charge in [-0.05, 0) is 32.6 Å². The highest BCUT2D eigenvalue weighted by Gasteiger charge is 2.77. The van der Waals surface area contributed by atoms with Gasteiger partial charge in [-0.25, -0.2) is 0 Å². The Hall–Kier alpha value is -1.92. The summed E-state index contributed by atoms with van der Waals surface area (Å²) in [7, 11) is 0. The Labute approximate surface area is 190 Å². The summed E-state index contributed by atoms with van der Waals surface area (Å²) in [5.74, 6) is -1.27. The second kappa shape index (κ2) is 8.45. The molecular weight excluding hydrogens is 408 g/mol. The van der Waals surface area contributed by atoms with E-state index < -0.39 is 29.6 Å². The number of carbonyl (C=O) groups is 4. The summed E-state index contributed by atoms with van der Waals surface area (Å²) >= 11 is 0. The van der Waals surface area contributed by atoms with E-state index in [4.69, 9.17) is 4.74 Å². The number of ketones is 1. The van der Waals surface area contributed by atoms with E-state index in [1.54, 1.807) is 0 Å². The zero-order valence-corrected chi connectivity index (χ0v) is 19.2. The van der Waals surface area contributed by atoms with Crippen molar-refractivity contribution in [1.29, 1.82) is 0 Å². The van der Waals surface area contributed by atoms with Gasteiger partial charge in [0.1, 0.15) is 5.78 Å². The van der Waals surface area contributed by atoms with Crippen LogP contribution in [0.15, 0.2) is 0 Å². The van der Waals surface area contributed by atoms with E-state index in [2.05, 4.69) is 0 Å². The number of nitrogens with zero attached hydrogens (tertiary/aromatic N) is 2. The predicted octanol–water partition coefficient (Wildman–Crippen LogP) is 3.13. The van der Waals surface area contributed by atoms with Crippen LogP contribution in [0.25, 0.3) is 0 Å². The second-order valence-electron chi connectivity index (χ2n) is 10.7. The largest absolute Gasteiger partial charge is 0.453 e. The Morgan fingerprint density at radius 3 is 1.91 bits per heavy atom. The number of esters is 1. The molecule has 7 heteroatoms. The van der Waals surface area contributed by atoms with Gasteiger partial charge in [-0.15, -0.1) is 0 Å². The zero-order chi connectivity index (χ0) is 22.5.